The van der Waals surface area contributed by atoms with Gasteiger partial charge in [0.25, 0.3) is 0 Å². The monoisotopic (exact) mass is 660 g/mol. The molecule has 220 valence electrons. The summed E-state index contributed by atoms with van der Waals surface area (Å²) < 4.78 is 1.48. The first-order valence-corrected chi connectivity index (χ1v) is 21.2. The van der Waals surface area contributed by atoms with Gasteiger partial charge in [-0.15, -0.1) is 0 Å². The van der Waals surface area contributed by atoms with E-state index in [0.717, 1.165) is 19.8 Å². The molecule has 4 aliphatic carbocycles. The van der Waals surface area contributed by atoms with Gasteiger partial charge in [-0.25, -0.2) is 0 Å². The first-order valence-electron chi connectivity index (χ1n) is 16.2. The number of hydrogen-bond acceptors (Lipinski definition) is 0. The number of rotatable bonds is 10. The SMILES string of the molecule is CCCP(CCC)C1=Cc2ccccc2[CH]1[Ti+2][CH]1C(P(C2CCCCC2)C2CCCCC2)=Cc2ccccc21.[Cl-].[Cl-]. The molecule has 2 aromatic rings. The fourth-order valence-electron chi connectivity index (χ4n) is 7.98. The molecule has 2 unspecified atom stereocenters. The molecule has 2 fully saturated rings. The minimum atomic E-state index is -0.268. The van der Waals surface area contributed by atoms with Crippen LogP contribution in [0, 0.1) is 0 Å². The molecule has 0 radical (unpaired) electrons. The Labute approximate surface area is 274 Å². The number of fused-ring (bicyclic) bond motifs is 2. The predicted molar refractivity (Wildman–Crippen MR) is 172 cm³/mol. The molecular formula is C36H48Cl2P2Ti. The van der Waals surface area contributed by atoms with Crippen LogP contribution in [0.2, 0.25) is 0 Å². The zero-order valence-corrected chi connectivity index (χ0v) is 30.0. The van der Waals surface area contributed by atoms with Crippen LogP contribution in [0.5, 0.6) is 0 Å². The van der Waals surface area contributed by atoms with E-state index in [0.29, 0.717) is 0 Å². The third kappa shape index (κ3) is 7.49. The van der Waals surface area contributed by atoms with Gasteiger partial charge in [-0.05, 0) is 0 Å². The molecule has 41 heavy (non-hydrogen) atoms. The van der Waals surface area contributed by atoms with Crippen LogP contribution in [0.4, 0.5) is 0 Å². The molecule has 2 aromatic carbocycles. The molecule has 4 aliphatic rings. The van der Waals surface area contributed by atoms with Crippen LogP contribution < -0.4 is 24.8 Å². The Morgan fingerprint density at radius 1 is 0.610 bits per heavy atom. The van der Waals surface area contributed by atoms with Crippen molar-refractivity contribution in [1.82, 2.24) is 0 Å². The summed E-state index contributed by atoms with van der Waals surface area (Å²) in [6, 6.07) is 19.2. The van der Waals surface area contributed by atoms with Crippen molar-refractivity contribution in [1.29, 1.82) is 0 Å². The molecule has 0 bridgehead atoms. The van der Waals surface area contributed by atoms with Crippen molar-refractivity contribution in [3.05, 3.63) is 81.4 Å². The largest absolute Gasteiger partial charge is 1.00 e. The molecule has 2 atom stereocenters. The van der Waals surface area contributed by atoms with Crippen molar-refractivity contribution < 1.29 is 44.0 Å². The first-order chi connectivity index (χ1) is 19.3. The zero-order valence-electron chi connectivity index (χ0n) is 25.1. The molecular weight excluding hydrogens is 613 g/mol. The van der Waals surface area contributed by atoms with Crippen LogP contribution in [-0.2, 0) is 19.2 Å². The summed E-state index contributed by atoms with van der Waals surface area (Å²) >= 11 is -0.268. The van der Waals surface area contributed by atoms with Crippen LogP contribution in [0.25, 0.3) is 12.2 Å². The van der Waals surface area contributed by atoms with E-state index >= 15 is 0 Å². The van der Waals surface area contributed by atoms with Crippen LogP contribution >= 0.6 is 15.8 Å². The second-order valence-electron chi connectivity index (χ2n) is 12.4. The average Bonchev–Trinajstić information content (AvgIpc) is 3.53. The maximum absolute atomic E-state index is 2.78. The molecule has 0 amide bonds. The Morgan fingerprint density at radius 3 is 1.54 bits per heavy atom. The fourth-order valence-corrected chi connectivity index (χ4v) is 19.5. The number of hydrogen-bond donors (Lipinski definition) is 0. The third-order valence-electron chi connectivity index (χ3n) is 9.73. The van der Waals surface area contributed by atoms with Gasteiger partial charge >= 0.3 is 252 Å². The van der Waals surface area contributed by atoms with E-state index in [9.17, 15) is 0 Å². The Kier molecular flexibility index (Phi) is 13.6. The van der Waals surface area contributed by atoms with Crippen molar-refractivity contribution in [2.24, 2.45) is 0 Å². The van der Waals surface area contributed by atoms with E-state index in [1.807, 2.05) is 10.6 Å². The normalized spacial score (nSPS) is 22.3. The van der Waals surface area contributed by atoms with E-state index < -0.39 is 0 Å². The second-order valence-corrected chi connectivity index (χ2v) is 20.0. The van der Waals surface area contributed by atoms with E-state index in [1.54, 1.807) is 22.3 Å². The van der Waals surface area contributed by atoms with Crippen molar-refractivity contribution in [2.75, 3.05) is 12.3 Å². The predicted octanol–water partition coefficient (Wildman–Crippen LogP) is 5.72. The smallest absolute Gasteiger partial charge is 1.00 e. The van der Waals surface area contributed by atoms with Crippen LogP contribution in [0.1, 0.15) is 122 Å². The Bertz CT molecular complexity index is 1160. The maximum atomic E-state index is 2.78. The molecule has 5 heteroatoms. The van der Waals surface area contributed by atoms with E-state index in [4.69, 9.17) is 0 Å². The Hall–Kier alpha value is 0.0743. The van der Waals surface area contributed by atoms with Gasteiger partial charge in [-0.1, -0.05) is 0 Å². The van der Waals surface area contributed by atoms with Gasteiger partial charge in [-0.2, -0.15) is 0 Å². The maximum Gasteiger partial charge on any atom is -1.00 e. The van der Waals surface area contributed by atoms with Gasteiger partial charge < -0.3 is 24.8 Å². The molecule has 2 saturated carbocycles. The van der Waals surface area contributed by atoms with Crippen molar-refractivity contribution in [3.63, 3.8) is 0 Å². The minimum absolute atomic E-state index is 0. The van der Waals surface area contributed by atoms with E-state index in [-0.39, 0.29) is 59.8 Å². The average molecular weight is 662 g/mol. The Balaban J connectivity index is 0.00000194. The summed E-state index contributed by atoms with van der Waals surface area (Å²) in [5, 5.41) is 3.86. The van der Waals surface area contributed by atoms with Crippen molar-refractivity contribution in [3.8, 4) is 0 Å². The van der Waals surface area contributed by atoms with Crippen LogP contribution in [-0.4, -0.2) is 23.6 Å². The van der Waals surface area contributed by atoms with Gasteiger partial charge in [0.1, 0.15) is 0 Å². The van der Waals surface area contributed by atoms with Gasteiger partial charge in [0.05, 0.1) is 0 Å². The van der Waals surface area contributed by atoms with Gasteiger partial charge in [0, 0.05) is 0 Å². The number of benzene rings is 2. The molecule has 0 aliphatic heterocycles. The third-order valence-corrected chi connectivity index (χ3v) is 20.2. The molecule has 0 heterocycles. The summed E-state index contributed by atoms with van der Waals surface area (Å²) in [7, 11) is -0.0469. The molecule has 0 N–H and O–H groups in total. The molecule has 0 aromatic heterocycles. The summed E-state index contributed by atoms with van der Waals surface area (Å²) in [6.45, 7) is 4.82. The van der Waals surface area contributed by atoms with Crippen molar-refractivity contribution >= 4 is 28.0 Å². The van der Waals surface area contributed by atoms with Gasteiger partial charge in [0.2, 0.25) is 0 Å². The summed E-state index contributed by atoms with van der Waals surface area (Å²) in [6.07, 6.45) is 25.9. The van der Waals surface area contributed by atoms with Crippen LogP contribution in [0.3, 0.4) is 0 Å². The minimum Gasteiger partial charge on any atom is -1.00 e. The van der Waals surface area contributed by atoms with E-state index in [2.05, 4.69) is 74.5 Å². The molecule has 0 nitrogen and oxygen atoms in total. The molecule has 6 rings (SSSR count). The standard InChI is InChI=1S/C21H28P.C15H20P.2ClH.Ti/c1-3-11-19(12-4-1)22(20-13-5-2-6-14-20)21-15-17-9-7-8-10-18(17)16-21;1-3-9-16(10-4-2)15-11-13-7-5-6-8-14(13)12-15;;;/h7-10,15-16,19-20H,1-6,11-14H2;5-8,11-12H,3-4,9-10H2,1-2H3;2*1H;/q;;;;+2/p-2. The summed E-state index contributed by atoms with van der Waals surface area (Å²) in [4.78, 5) is 0. The topological polar surface area (TPSA) is 0 Å². The van der Waals surface area contributed by atoms with Gasteiger partial charge in [0.15, 0.2) is 0 Å². The van der Waals surface area contributed by atoms with Crippen molar-refractivity contribution in [2.45, 2.75) is 111 Å². The number of halogens is 2. The second kappa shape index (κ2) is 16.4. The first kappa shape index (κ1) is 34.0. The summed E-state index contributed by atoms with van der Waals surface area (Å²) in [5.74, 6) is 0. The van der Waals surface area contributed by atoms with Gasteiger partial charge in [-0.3, -0.25) is 0 Å². The Morgan fingerprint density at radius 2 is 1.05 bits per heavy atom. The summed E-state index contributed by atoms with van der Waals surface area (Å²) in [5.41, 5.74) is 8.53. The number of allylic oxidation sites excluding steroid dienone is 2. The molecule has 0 saturated heterocycles. The quantitative estimate of drug-likeness (QED) is 0.226. The van der Waals surface area contributed by atoms with E-state index in [1.165, 1.54) is 89.4 Å². The molecule has 0 spiro atoms. The zero-order chi connectivity index (χ0) is 26.6. The fraction of sp³-hybridized carbons (Fsp3) is 0.556. The van der Waals surface area contributed by atoms with Crippen LogP contribution in [0.15, 0.2) is 59.2 Å².